The minimum Gasteiger partial charge on any atom is -0.384 e. The van der Waals surface area contributed by atoms with Crippen LogP contribution >= 0.6 is 34.7 Å². The molecule has 0 fully saturated rings. The second kappa shape index (κ2) is 8.05. The van der Waals surface area contributed by atoms with Crippen LogP contribution in [0.4, 0.5) is 5.69 Å². The number of carbonyl (C=O) groups is 1. The molecule has 2 N–H and O–H groups in total. The number of thioether (sulfide) groups is 1. The number of nitriles is 1. The van der Waals surface area contributed by atoms with Crippen LogP contribution in [0.15, 0.2) is 57.2 Å². The van der Waals surface area contributed by atoms with Crippen LogP contribution in [0.3, 0.4) is 0 Å². The first-order chi connectivity index (χ1) is 14.7. The Balaban J connectivity index is 2.01. The zero-order valence-electron chi connectivity index (χ0n) is 18.0. The van der Waals surface area contributed by atoms with Gasteiger partial charge in [0.2, 0.25) is 0 Å². The van der Waals surface area contributed by atoms with Crippen molar-refractivity contribution < 1.29 is 4.79 Å². The molecule has 1 aromatic heterocycles. The number of Topliss-reactive ketones (excluding diaryl/α,β-unsaturated/α-hetero) is 1. The molecule has 1 aromatic carbocycles. The first-order valence-corrected chi connectivity index (χ1v) is 12.4. The highest BCUT2D eigenvalue weighted by atomic mass is 35.5. The van der Waals surface area contributed by atoms with Crippen molar-refractivity contribution in [1.82, 2.24) is 0 Å². The first kappa shape index (κ1) is 22.0. The Kier molecular flexibility index (Phi) is 5.72. The molecule has 0 unspecified atom stereocenters. The lowest BCUT2D eigenvalue weighted by Crippen LogP contribution is -2.42. The predicted octanol–water partition coefficient (Wildman–Crippen LogP) is 6.37. The van der Waals surface area contributed by atoms with Gasteiger partial charge in [-0.3, -0.25) is 9.69 Å². The number of halogens is 1. The maximum Gasteiger partial charge on any atom is 0.162 e. The number of aryl methyl sites for hydroxylation is 1. The van der Waals surface area contributed by atoms with Crippen molar-refractivity contribution >= 4 is 46.2 Å². The smallest absolute Gasteiger partial charge is 0.162 e. The zero-order chi connectivity index (χ0) is 22.5. The minimum absolute atomic E-state index is 0.0892. The third-order valence-electron chi connectivity index (χ3n) is 5.81. The molecule has 4 rings (SSSR count). The summed E-state index contributed by atoms with van der Waals surface area (Å²) in [4.78, 5) is 16.6. The van der Waals surface area contributed by atoms with Gasteiger partial charge in [0.25, 0.3) is 0 Å². The molecule has 0 bridgehead atoms. The average molecular weight is 470 g/mol. The highest BCUT2D eigenvalue weighted by molar-refractivity contribution is 8.00. The Morgan fingerprint density at radius 1 is 1.29 bits per heavy atom. The second-order valence-electron chi connectivity index (χ2n) is 8.76. The van der Waals surface area contributed by atoms with E-state index in [4.69, 9.17) is 17.3 Å². The van der Waals surface area contributed by atoms with Crippen molar-refractivity contribution in [2.24, 2.45) is 11.1 Å². The molecule has 2 aromatic rings. The molecule has 0 radical (unpaired) electrons. The molecule has 0 saturated carbocycles. The largest absolute Gasteiger partial charge is 0.384 e. The average Bonchev–Trinajstić information content (AvgIpc) is 3.07. The van der Waals surface area contributed by atoms with E-state index in [9.17, 15) is 10.1 Å². The summed E-state index contributed by atoms with van der Waals surface area (Å²) in [5.74, 6) is 0.0425. The molecule has 0 amide bonds. The Hall–Kier alpha value is -2.20. The van der Waals surface area contributed by atoms with Crippen LogP contribution in [0.25, 0.3) is 0 Å². The topological polar surface area (TPSA) is 70.1 Å². The number of anilines is 1. The summed E-state index contributed by atoms with van der Waals surface area (Å²) in [6.45, 7) is 6.26. The van der Waals surface area contributed by atoms with Crippen LogP contribution < -0.4 is 10.6 Å². The van der Waals surface area contributed by atoms with Crippen LogP contribution in [0.1, 0.15) is 43.0 Å². The predicted molar refractivity (Wildman–Crippen MR) is 129 cm³/mol. The van der Waals surface area contributed by atoms with E-state index < -0.39 is 5.92 Å². The Morgan fingerprint density at radius 3 is 2.58 bits per heavy atom. The van der Waals surface area contributed by atoms with Gasteiger partial charge in [0.05, 0.1) is 21.8 Å². The molecule has 31 heavy (non-hydrogen) atoms. The Morgan fingerprint density at radius 2 is 1.97 bits per heavy atom. The normalized spacial score (nSPS) is 20.7. The quantitative estimate of drug-likeness (QED) is 0.528. The number of ketones is 1. The fourth-order valence-electron chi connectivity index (χ4n) is 4.58. The van der Waals surface area contributed by atoms with E-state index in [0.717, 1.165) is 26.0 Å². The lowest BCUT2D eigenvalue weighted by Gasteiger charge is -2.43. The van der Waals surface area contributed by atoms with Crippen molar-refractivity contribution in [2.75, 3.05) is 11.2 Å². The van der Waals surface area contributed by atoms with Gasteiger partial charge < -0.3 is 5.73 Å². The summed E-state index contributed by atoms with van der Waals surface area (Å²) in [6.07, 6.45) is 3.18. The van der Waals surface area contributed by atoms with Gasteiger partial charge in [0.1, 0.15) is 5.82 Å². The molecule has 1 aliphatic carbocycles. The van der Waals surface area contributed by atoms with E-state index >= 15 is 0 Å². The monoisotopic (exact) mass is 469 g/mol. The van der Waals surface area contributed by atoms with Crippen molar-refractivity contribution in [2.45, 2.75) is 43.7 Å². The molecule has 160 valence electrons. The molecule has 1 aliphatic heterocycles. The fraction of sp³-hybridized carbons (Fsp3) is 0.333. The van der Waals surface area contributed by atoms with Gasteiger partial charge in [0.15, 0.2) is 5.78 Å². The summed E-state index contributed by atoms with van der Waals surface area (Å²) in [5.41, 5.74) is 10.3. The lowest BCUT2D eigenvalue weighted by molar-refractivity contribution is -0.118. The van der Waals surface area contributed by atoms with E-state index in [-0.39, 0.29) is 11.2 Å². The van der Waals surface area contributed by atoms with Gasteiger partial charge in [0, 0.05) is 33.3 Å². The molecule has 0 spiro atoms. The molecular formula is C24H24ClN3OS2. The van der Waals surface area contributed by atoms with E-state index in [1.807, 2.05) is 23.3 Å². The molecule has 7 heteroatoms. The zero-order valence-corrected chi connectivity index (χ0v) is 20.3. The number of carbonyl (C=O) groups excluding carboxylic acids is 1. The van der Waals surface area contributed by atoms with Gasteiger partial charge >= 0.3 is 0 Å². The Bertz CT molecular complexity index is 1170. The lowest BCUT2D eigenvalue weighted by atomic mass is 9.69. The number of thiophene rings is 1. The number of nitrogens with zero attached hydrogens (tertiary/aromatic N) is 2. The van der Waals surface area contributed by atoms with Crippen LogP contribution in [0.2, 0.25) is 5.02 Å². The minimum atomic E-state index is -0.431. The molecule has 2 aliphatic rings. The van der Waals surface area contributed by atoms with Gasteiger partial charge in [-0.05, 0) is 60.9 Å². The number of hydrogen-bond donors (Lipinski definition) is 1. The maximum absolute atomic E-state index is 13.6. The Labute approximate surface area is 196 Å². The third-order valence-corrected chi connectivity index (χ3v) is 8.28. The van der Waals surface area contributed by atoms with E-state index in [1.54, 1.807) is 35.2 Å². The van der Waals surface area contributed by atoms with Gasteiger partial charge in [-0.1, -0.05) is 25.4 Å². The van der Waals surface area contributed by atoms with Crippen LogP contribution in [-0.4, -0.2) is 12.0 Å². The third kappa shape index (κ3) is 3.80. The highest BCUT2D eigenvalue weighted by Crippen LogP contribution is 2.52. The van der Waals surface area contributed by atoms with Crippen molar-refractivity contribution in [3.8, 4) is 6.07 Å². The molecule has 0 saturated heterocycles. The van der Waals surface area contributed by atoms with Crippen molar-refractivity contribution in [3.63, 3.8) is 0 Å². The standard InChI is InChI=1S/C24H24ClN3OS2/c1-13-9-16(23(30-4)31-13)20-17(12-26)22(27)28(15-7-5-14(25)6-8-15)18-10-24(2,3)11-19(29)21(18)20/h5-9,20H,10-11,27H2,1-4H3/t20-/m1/s1. The molecule has 1 atom stereocenters. The fourth-order valence-corrected chi connectivity index (χ4v) is 6.62. The molecule has 2 heterocycles. The number of benzene rings is 1. The summed E-state index contributed by atoms with van der Waals surface area (Å²) >= 11 is 9.44. The number of allylic oxidation sites excluding steroid dienone is 3. The SMILES string of the molecule is CSc1sc(C)cc1[C@@H]1C(C#N)=C(N)N(c2ccc(Cl)cc2)C2=C1C(=O)CC(C)(C)C2. The number of hydrogen-bond acceptors (Lipinski definition) is 6. The summed E-state index contributed by atoms with van der Waals surface area (Å²) in [7, 11) is 0. The van der Waals surface area contributed by atoms with Crippen LogP contribution in [0.5, 0.6) is 0 Å². The van der Waals surface area contributed by atoms with E-state index in [1.165, 1.54) is 0 Å². The van der Waals surface area contributed by atoms with Crippen molar-refractivity contribution in [1.29, 1.82) is 5.26 Å². The number of nitrogens with two attached hydrogens (primary N) is 1. The maximum atomic E-state index is 13.6. The number of rotatable bonds is 3. The van der Waals surface area contributed by atoms with Gasteiger partial charge in [-0.25, -0.2) is 0 Å². The van der Waals surface area contributed by atoms with Gasteiger partial charge in [-0.2, -0.15) is 5.26 Å². The van der Waals surface area contributed by atoms with Crippen LogP contribution in [-0.2, 0) is 4.79 Å². The highest BCUT2D eigenvalue weighted by Gasteiger charge is 2.45. The summed E-state index contributed by atoms with van der Waals surface area (Å²) < 4.78 is 1.12. The van der Waals surface area contributed by atoms with Crippen molar-refractivity contribution in [3.05, 3.63) is 68.5 Å². The van der Waals surface area contributed by atoms with E-state index in [0.29, 0.717) is 34.8 Å². The van der Waals surface area contributed by atoms with E-state index in [2.05, 4.69) is 32.9 Å². The summed E-state index contributed by atoms with van der Waals surface area (Å²) in [5, 5.41) is 10.8. The molecular weight excluding hydrogens is 446 g/mol. The van der Waals surface area contributed by atoms with Gasteiger partial charge in [-0.15, -0.1) is 23.1 Å². The summed E-state index contributed by atoms with van der Waals surface area (Å²) in [6, 6.07) is 11.8. The first-order valence-electron chi connectivity index (χ1n) is 10.0. The molecule has 4 nitrogen and oxygen atoms in total. The second-order valence-corrected chi connectivity index (χ2v) is 11.5. The van der Waals surface area contributed by atoms with Crippen LogP contribution in [0, 0.1) is 23.7 Å².